The van der Waals surface area contributed by atoms with Crippen LogP contribution < -0.4 is 5.32 Å². The van der Waals surface area contributed by atoms with Crippen LogP contribution in [-0.4, -0.2) is 27.6 Å². The summed E-state index contributed by atoms with van der Waals surface area (Å²) in [6.07, 6.45) is 2.05. The Balaban J connectivity index is 2.20. The Morgan fingerprint density at radius 1 is 1.56 bits per heavy atom. The Kier molecular flexibility index (Phi) is 3.47. The summed E-state index contributed by atoms with van der Waals surface area (Å²) in [5.41, 5.74) is -0.784. The molecule has 0 radical (unpaired) electrons. The van der Waals surface area contributed by atoms with Crippen molar-refractivity contribution in [3.8, 4) is 0 Å². The molecule has 0 bridgehead atoms. The van der Waals surface area contributed by atoms with Gasteiger partial charge in [0.25, 0.3) is 0 Å². The van der Waals surface area contributed by atoms with Crippen molar-refractivity contribution < 1.29 is 9.90 Å². The average molecular weight is 265 g/mol. The van der Waals surface area contributed by atoms with E-state index < -0.39 is 11.4 Å². The number of fused-ring (bicyclic) bond motifs is 1. The van der Waals surface area contributed by atoms with Crippen LogP contribution in [0.4, 0.5) is 5.82 Å². The van der Waals surface area contributed by atoms with Gasteiger partial charge in [-0.25, -0.2) is 9.97 Å². The van der Waals surface area contributed by atoms with Crippen molar-refractivity contribution in [1.29, 1.82) is 0 Å². The van der Waals surface area contributed by atoms with Crippen LogP contribution >= 0.6 is 11.3 Å². The maximum absolute atomic E-state index is 11.2. The standard InChI is InChI=1S/C12H15N3O2S/c1-3-12(2,11(16)17)6-13-9-8-4-5-18-10(8)15-7-14-9/h4-5,7H,3,6H2,1-2H3,(H,16,17)(H,13,14,15). The van der Waals surface area contributed by atoms with Gasteiger partial charge in [0.2, 0.25) is 0 Å². The fourth-order valence-corrected chi connectivity index (χ4v) is 2.29. The summed E-state index contributed by atoms with van der Waals surface area (Å²) in [5.74, 6) is -0.102. The van der Waals surface area contributed by atoms with Crippen molar-refractivity contribution in [3.05, 3.63) is 17.8 Å². The van der Waals surface area contributed by atoms with E-state index in [4.69, 9.17) is 0 Å². The maximum atomic E-state index is 11.2. The lowest BCUT2D eigenvalue weighted by molar-refractivity contribution is -0.147. The second-order valence-electron chi connectivity index (χ2n) is 4.43. The summed E-state index contributed by atoms with van der Waals surface area (Å²) in [7, 11) is 0. The second kappa shape index (κ2) is 4.89. The smallest absolute Gasteiger partial charge is 0.311 e. The van der Waals surface area contributed by atoms with Gasteiger partial charge in [-0.1, -0.05) is 6.92 Å². The lowest BCUT2D eigenvalue weighted by atomic mass is 9.88. The maximum Gasteiger partial charge on any atom is 0.311 e. The van der Waals surface area contributed by atoms with Crippen LogP contribution in [0.1, 0.15) is 20.3 Å². The number of nitrogens with one attached hydrogen (secondary N) is 1. The van der Waals surface area contributed by atoms with E-state index in [1.54, 1.807) is 6.92 Å². The zero-order valence-corrected chi connectivity index (χ0v) is 11.1. The Labute approximate surface area is 109 Å². The van der Waals surface area contributed by atoms with Gasteiger partial charge >= 0.3 is 5.97 Å². The zero-order chi connectivity index (χ0) is 13.2. The van der Waals surface area contributed by atoms with Crippen LogP contribution in [0, 0.1) is 5.41 Å². The van der Waals surface area contributed by atoms with Gasteiger partial charge in [-0.3, -0.25) is 4.79 Å². The van der Waals surface area contributed by atoms with Gasteiger partial charge in [0.15, 0.2) is 0 Å². The first-order valence-electron chi connectivity index (χ1n) is 5.72. The minimum absolute atomic E-state index is 0.348. The van der Waals surface area contributed by atoms with E-state index in [2.05, 4.69) is 15.3 Å². The SMILES string of the molecule is CCC(C)(CNc1ncnc2sccc12)C(=O)O. The molecule has 0 aromatic carbocycles. The highest BCUT2D eigenvalue weighted by Crippen LogP contribution is 2.26. The van der Waals surface area contributed by atoms with Gasteiger partial charge in [-0.15, -0.1) is 11.3 Å². The molecule has 2 N–H and O–H groups in total. The van der Waals surface area contributed by atoms with Gasteiger partial charge in [-0.2, -0.15) is 0 Å². The summed E-state index contributed by atoms with van der Waals surface area (Å²) in [4.78, 5) is 20.4. The molecular formula is C12H15N3O2S. The topological polar surface area (TPSA) is 75.1 Å². The number of aromatic nitrogens is 2. The predicted octanol–water partition coefficient (Wildman–Crippen LogP) is 2.60. The molecule has 0 amide bonds. The quantitative estimate of drug-likeness (QED) is 0.869. The minimum Gasteiger partial charge on any atom is -0.481 e. The molecule has 0 fully saturated rings. The molecule has 2 rings (SSSR count). The van der Waals surface area contributed by atoms with E-state index >= 15 is 0 Å². The van der Waals surface area contributed by atoms with Crippen LogP contribution in [0.25, 0.3) is 10.2 Å². The largest absolute Gasteiger partial charge is 0.481 e. The van der Waals surface area contributed by atoms with Crippen LogP contribution in [0.15, 0.2) is 17.8 Å². The van der Waals surface area contributed by atoms with Crippen LogP contribution in [-0.2, 0) is 4.79 Å². The highest BCUT2D eigenvalue weighted by atomic mass is 32.1. The van der Waals surface area contributed by atoms with Crippen LogP contribution in [0.5, 0.6) is 0 Å². The molecule has 0 aliphatic rings. The van der Waals surface area contributed by atoms with Crippen molar-refractivity contribution in [2.45, 2.75) is 20.3 Å². The second-order valence-corrected chi connectivity index (χ2v) is 5.33. The van der Waals surface area contributed by atoms with Crippen LogP contribution in [0.2, 0.25) is 0 Å². The summed E-state index contributed by atoms with van der Waals surface area (Å²) < 4.78 is 0. The Bertz CT molecular complexity index is 569. The van der Waals surface area contributed by atoms with Crippen molar-refractivity contribution in [3.63, 3.8) is 0 Å². The van der Waals surface area contributed by atoms with Crippen molar-refractivity contribution in [1.82, 2.24) is 9.97 Å². The first kappa shape index (κ1) is 12.8. The zero-order valence-electron chi connectivity index (χ0n) is 10.3. The van der Waals surface area contributed by atoms with E-state index in [0.717, 1.165) is 10.2 Å². The third-order valence-corrected chi connectivity index (χ3v) is 4.03. The summed E-state index contributed by atoms with van der Waals surface area (Å²) in [6, 6.07) is 1.94. The third-order valence-electron chi connectivity index (χ3n) is 3.20. The van der Waals surface area contributed by atoms with E-state index in [9.17, 15) is 9.90 Å². The first-order chi connectivity index (χ1) is 8.57. The van der Waals surface area contributed by atoms with Gasteiger partial charge in [0, 0.05) is 6.54 Å². The van der Waals surface area contributed by atoms with Gasteiger partial charge in [0.05, 0.1) is 10.8 Å². The van der Waals surface area contributed by atoms with Gasteiger partial charge < -0.3 is 10.4 Å². The van der Waals surface area contributed by atoms with Crippen molar-refractivity contribution in [2.24, 2.45) is 5.41 Å². The molecular weight excluding hydrogens is 250 g/mol. The number of hydrogen-bond donors (Lipinski definition) is 2. The molecule has 1 unspecified atom stereocenters. The van der Waals surface area contributed by atoms with Gasteiger partial charge in [0.1, 0.15) is 17.0 Å². The molecule has 0 saturated carbocycles. The molecule has 2 aromatic rings. The van der Waals surface area contributed by atoms with E-state index in [-0.39, 0.29) is 0 Å². The summed E-state index contributed by atoms with van der Waals surface area (Å²) in [6.45, 7) is 3.95. The normalized spacial score (nSPS) is 14.3. The molecule has 0 saturated heterocycles. The molecule has 96 valence electrons. The Morgan fingerprint density at radius 3 is 3.00 bits per heavy atom. The number of thiophene rings is 1. The number of carboxylic acid groups (broad SMARTS) is 1. The third kappa shape index (κ3) is 2.28. The van der Waals surface area contributed by atoms with Gasteiger partial charge in [-0.05, 0) is 24.8 Å². The lowest BCUT2D eigenvalue weighted by Gasteiger charge is -2.23. The monoisotopic (exact) mass is 265 g/mol. The van der Waals surface area contributed by atoms with E-state index in [0.29, 0.717) is 18.8 Å². The van der Waals surface area contributed by atoms with Crippen molar-refractivity contribution in [2.75, 3.05) is 11.9 Å². The van der Waals surface area contributed by atoms with Crippen molar-refractivity contribution >= 4 is 33.3 Å². The molecule has 2 heterocycles. The number of carboxylic acids is 1. The van der Waals surface area contributed by atoms with Crippen LogP contribution in [0.3, 0.4) is 0 Å². The average Bonchev–Trinajstić information content (AvgIpc) is 2.84. The number of anilines is 1. The Morgan fingerprint density at radius 2 is 2.33 bits per heavy atom. The molecule has 2 aromatic heterocycles. The summed E-state index contributed by atoms with van der Waals surface area (Å²) in [5, 5.41) is 15.2. The molecule has 1 atom stereocenters. The Hall–Kier alpha value is -1.69. The minimum atomic E-state index is -0.798. The first-order valence-corrected chi connectivity index (χ1v) is 6.60. The summed E-state index contributed by atoms with van der Waals surface area (Å²) >= 11 is 1.54. The number of hydrogen-bond acceptors (Lipinski definition) is 5. The predicted molar refractivity (Wildman–Crippen MR) is 71.9 cm³/mol. The lowest BCUT2D eigenvalue weighted by Crippen LogP contribution is -2.34. The number of nitrogens with zero attached hydrogens (tertiary/aromatic N) is 2. The number of aliphatic carboxylic acids is 1. The van der Waals surface area contributed by atoms with E-state index in [1.807, 2.05) is 18.4 Å². The molecule has 6 heteroatoms. The molecule has 0 spiro atoms. The number of rotatable bonds is 5. The highest BCUT2D eigenvalue weighted by molar-refractivity contribution is 7.16. The number of carbonyl (C=O) groups is 1. The fourth-order valence-electron chi connectivity index (χ4n) is 1.56. The molecule has 5 nitrogen and oxygen atoms in total. The molecule has 0 aliphatic carbocycles. The molecule has 0 aliphatic heterocycles. The van der Waals surface area contributed by atoms with E-state index in [1.165, 1.54) is 17.7 Å². The molecule has 18 heavy (non-hydrogen) atoms. The fraction of sp³-hybridized carbons (Fsp3) is 0.417. The highest BCUT2D eigenvalue weighted by Gasteiger charge is 2.31.